The zero-order valence-electron chi connectivity index (χ0n) is 9.04. The Balaban J connectivity index is 1.67. The third-order valence-corrected chi connectivity index (χ3v) is 6.48. The quantitative estimate of drug-likeness (QED) is 0.724. The van der Waals surface area contributed by atoms with Crippen molar-refractivity contribution in [2.45, 2.75) is 25.7 Å². The summed E-state index contributed by atoms with van der Waals surface area (Å²) >= 11 is 0. The van der Waals surface area contributed by atoms with E-state index in [0.29, 0.717) is 22.8 Å². The van der Waals surface area contributed by atoms with Crippen LogP contribution in [0.25, 0.3) is 0 Å². The summed E-state index contributed by atoms with van der Waals surface area (Å²) in [7, 11) is -2.67. The molecular formula is C11H19NO2S. The molecule has 15 heavy (non-hydrogen) atoms. The van der Waals surface area contributed by atoms with E-state index in [4.69, 9.17) is 0 Å². The molecule has 1 N–H and O–H groups in total. The van der Waals surface area contributed by atoms with Gasteiger partial charge in [-0.15, -0.1) is 0 Å². The summed E-state index contributed by atoms with van der Waals surface area (Å²) in [6.45, 7) is 2.27. The summed E-state index contributed by atoms with van der Waals surface area (Å²) in [5.74, 6) is 2.15. The minimum Gasteiger partial charge on any atom is -0.317 e. The van der Waals surface area contributed by atoms with Gasteiger partial charge >= 0.3 is 0 Å². The Labute approximate surface area is 91.5 Å². The van der Waals surface area contributed by atoms with Crippen LogP contribution in [0.15, 0.2) is 0 Å². The van der Waals surface area contributed by atoms with Crippen LogP contribution >= 0.6 is 0 Å². The summed E-state index contributed by atoms with van der Waals surface area (Å²) in [6, 6.07) is 0. The zero-order valence-corrected chi connectivity index (χ0v) is 9.85. The summed E-state index contributed by atoms with van der Waals surface area (Å²) in [6.07, 6.45) is 4.78. The molecule has 0 amide bonds. The van der Waals surface area contributed by atoms with E-state index < -0.39 is 9.84 Å². The minimum atomic E-state index is -2.67. The van der Waals surface area contributed by atoms with Gasteiger partial charge in [-0.25, -0.2) is 8.42 Å². The average molecular weight is 229 g/mol. The Morgan fingerprint density at radius 3 is 2.53 bits per heavy atom. The first-order valence-electron chi connectivity index (χ1n) is 6.03. The van der Waals surface area contributed by atoms with Gasteiger partial charge < -0.3 is 5.32 Å². The number of hydrogen-bond acceptors (Lipinski definition) is 3. The highest BCUT2D eigenvalue weighted by Crippen LogP contribution is 2.63. The molecule has 2 atom stereocenters. The molecule has 2 aliphatic heterocycles. The van der Waals surface area contributed by atoms with Crippen molar-refractivity contribution < 1.29 is 8.42 Å². The maximum atomic E-state index is 11.4. The van der Waals surface area contributed by atoms with Crippen molar-refractivity contribution in [2.75, 3.05) is 24.6 Å². The van der Waals surface area contributed by atoms with Crippen LogP contribution in [-0.4, -0.2) is 33.0 Å². The summed E-state index contributed by atoms with van der Waals surface area (Å²) in [5, 5.41) is 3.39. The third kappa shape index (κ3) is 1.72. The highest BCUT2D eigenvalue weighted by Gasteiger charge is 2.58. The molecule has 0 radical (unpaired) electrons. The average Bonchev–Trinajstić information content (AvgIpc) is 2.75. The topological polar surface area (TPSA) is 46.2 Å². The van der Waals surface area contributed by atoms with Gasteiger partial charge in [-0.05, 0) is 56.0 Å². The van der Waals surface area contributed by atoms with Crippen molar-refractivity contribution in [3.05, 3.63) is 0 Å². The number of hydrogen-bond donors (Lipinski definition) is 1. The second-order valence-corrected chi connectivity index (χ2v) is 7.81. The predicted molar refractivity (Wildman–Crippen MR) is 59.4 cm³/mol. The summed E-state index contributed by atoms with van der Waals surface area (Å²) in [4.78, 5) is 0. The first-order valence-corrected chi connectivity index (χ1v) is 7.85. The van der Waals surface area contributed by atoms with Crippen molar-refractivity contribution in [1.29, 1.82) is 0 Å². The normalized spacial score (nSPS) is 41.9. The molecular weight excluding hydrogens is 210 g/mol. The van der Waals surface area contributed by atoms with E-state index in [-0.39, 0.29) is 0 Å². The van der Waals surface area contributed by atoms with Crippen LogP contribution in [0.4, 0.5) is 0 Å². The van der Waals surface area contributed by atoms with Crippen LogP contribution in [-0.2, 0) is 9.84 Å². The lowest BCUT2D eigenvalue weighted by Crippen LogP contribution is -2.30. The van der Waals surface area contributed by atoms with Gasteiger partial charge in [0, 0.05) is 0 Å². The van der Waals surface area contributed by atoms with Gasteiger partial charge in [0.25, 0.3) is 0 Å². The predicted octanol–water partition coefficient (Wildman–Crippen LogP) is 0.811. The van der Waals surface area contributed by atoms with Crippen molar-refractivity contribution in [3.63, 3.8) is 0 Å². The van der Waals surface area contributed by atoms with E-state index >= 15 is 0 Å². The molecule has 1 aliphatic carbocycles. The smallest absolute Gasteiger partial charge is 0.150 e. The Bertz CT molecular complexity index is 357. The fraction of sp³-hybridized carbons (Fsp3) is 1.00. The lowest BCUT2D eigenvalue weighted by molar-refractivity contribution is 0.291. The van der Waals surface area contributed by atoms with Gasteiger partial charge in [0.2, 0.25) is 0 Å². The summed E-state index contributed by atoms with van der Waals surface area (Å²) in [5.41, 5.74) is 0.551. The SMILES string of the molecule is O=S1(=O)CCC(C2CC23CCNCC3)C1. The highest BCUT2D eigenvalue weighted by atomic mass is 32.2. The fourth-order valence-corrected chi connectivity index (χ4v) is 5.57. The van der Waals surface area contributed by atoms with E-state index in [1.165, 1.54) is 19.3 Å². The molecule has 2 heterocycles. The molecule has 3 rings (SSSR count). The van der Waals surface area contributed by atoms with E-state index in [0.717, 1.165) is 25.4 Å². The van der Waals surface area contributed by atoms with Gasteiger partial charge in [-0.1, -0.05) is 0 Å². The van der Waals surface area contributed by atoms with Crippen molar-refractivity contribution in [2.24, 2.45) is 17.3 Å². The van der Waals surface area contributed by atoms with Crippen LogP contribution < -0.4 is 5.32 Å². The molecule has 0 aromatic rings. The monoisotopic (exact) mass is 229 g/mol. The minimum absolute atomic E-state index is 0.447. The van der Waals surface area contributed by atoms with Crippen LogP contribution in [0.5, 0.6) is 0 Å². The van der Waals surface area contributed by atoms with Crippen molar-refractivity contribution in [3.8, 4) is 0 Å². The fourth-order valence-electron chi connectivity index (χ4n) is 3.69. The van der Waals surface area contributed by atoms with E-state index in [9.17, 15) is 8.42 Å². The number of sulfone groups is 1. The Hall–Kier alpha value is -0.0900. The third-order valence-electron chi connectivity index (χ3n) is 4.69. The second-order valence-electron chi connectivity index (χ2n) is 5.59. The maximum Gasteiger partial charge on any atom is 0.150 e. The van der Waals surface area contributed by atoms with E-state index in [1.54, 1.807) is 0 Å². The van der Waals surface area contributed by atoms with Crippen LogP contribution in [0.3, 0.4) is 0 Å². The molecule has 1 saturated carbocycles. The van der Waals surface area contributed by atoms with E-state index in [1.807, 2.05) is 0 Å². The van der Waals surface area contributed by atoms with Crippen molar-refractivity contribution in [1.82, 2.24) is 5.32 Å². The Morgan fingerprint density at radius 1 is 1.20 bits per heavy atom. The van der Waals surface area contributed by atoms with Gasteiger partial charge in [-0.3, -0.25) is 0 Å². The standard InChI is InChI=1S/C11H19NO2S/c13-15(14)6-1-9(8-15)10-7-11(10)2-4-12-5-3-11/h9-10,12H,1-8H2. The molecule has 3 aliphatic rings. The molecule has 4 heteroatoms. The van der Waals surface area contributed by atoms with Crippen LogP contribution in [0, 0.1) is 17.3 Å². The molecule has 0 aromatic heterocycles. The first-order chi connectivity index (χ1) is 7.11. The van der Waals surface area contributed by atoms with Gasteiger partial charge in [0.05, 0.1) is 11.5 Å². The molecule has 2 unspecified atom stereocenters. The van der Waals surface area contributed by atoms with Gasteiger partial charge in [-0.2, -0.15) is 0 Å². The summed E-state index contributed by atoms with van der Waals surface area (Å²) < 4.78 is 22.9. The first kappa shape index (κ1) is 10.1. The van der Waals surface area contributed by atoms with Crippen LogP contribution in [0.1, 0.15) is 25.7 Å². The molecule has 0 bridgehead atoms. The molecule has 3 fully saturated rings. The molecule has 1 spiro atoms. The Morgan fingerprint density at radius 2 is 1.93 bits per heavy atom. The number of rotatable bonds is 1. The van der Waals surface area contributed by atoms with E-state index in [2.05, 4.69) is 5.32 Å². The Kier molecular flexibility index (Phi) is 2.15. The van der Waals surface area contributed by atoms with Gasteiger partial charge in [0.15, 0.2) is 9.84 Å². The lowest BCUT2D eigenvalue weighted by atomic mass is 9.87. The molecule has 0 aromatic carbocycles. The molecule has 2 saturated heterocycles. The maximum absolute atomic E-state index is 11.4. The number of piperidine rings is 1. The second kappa shape index (κ2) is 3.20. The highest BCUT2D eigenvalue weighted by molar-refractivity contribution is 7.91. The van der Waals surface area contributed by atoms with Crippen molar-refractivity contribution >= 4 is 9.84 Å². The zero-order chi connectivity index (χ0) is 10.5. The van der Waals surface area contributed by atoms with Crippen LogP contribution in [0.2, 0.25) is 0 Å². The largest absolute Gasteiger partial charge is 0.317 e. The number of nitrogens with one attached hydrogen (secondary N) is 1. The molecule has 3 nitrogen and oxygen atoms in total. The lowest BCUT2D eigenvalue weighted by Gasteiger charge is -2.25. The molecule has 86 valence electrons. The van der Waals surface area contributed by atoms with Gasteiger partial charge in [0.1, 0.15) is 0 Å².